The third kappa shape index (κ3) is 3.45. The molecule has 0 aromatic heterocycles. The van der Waals surface area contributed by atoms with Gasteiger partial charge in [0.05, 0.1) is 22.9 Å². The molecule has 116 valence electrons. The number of hydrogen-bond acceptors (Lipinski definition) is 5. The van der Waals surface area contributed by atoms with E-state index in [0.29, 0.717) is 0 Å². The Bertz CT molecular complexity index is 644. The first-order valence-corrected chi connectivity index (χ1v) is 7.48. The maximum absolute atomic E-state index is 12.3. The summed E-state index contributed by atoms with van der Waals surface area (Å²) in [6.45, 7) is 0. The van der Waals surface area contributed by atoms with E-state index in [-0.39, 0.29) is 29.8 Å². The Kier molecular flexibility index (Phi) is 4.81. The van der Waals surface area contributed by atoms with Crippen LogP contribution >= 0.6 is 11.8 Å². The van der Waals surface area contributed by atoms with Crippen molar-refractivity contribution in [2.75, 3.05) is 10.7 Å². The van der Waals surface area contributed by atoms with Crippen LogP contribution < -0.4 is 4.90 Å². The van der Waals surface area contributed by atoms with E-state index < -0.39 is 29.0 Å². The lowest BCUT2D eigenvalue weighted by Crippen LogP contribution is -2.31. The number of aliphatic carboxylic acids is 1. The van der Waals surface area contributed by atoms with Crippen molar-refractivity contribution in [3.8, 4) is 0 Å². The van der Waals surface area contributed by atoms with Crippen LogP contribution in [0.2, 0.25) is 0 Å². The van der Waals surface area contributed by atoms with Gasteiger partial charge in [-0.15, -0.1) is 11.8 Å². The second kappa shape index (κ2) is 6.61. The summed E-state index contributed by atoms with van der Waals surface area (Å²) < 4.78 is 0. The van der Waals surface area contributed by atoms with E-state index in [1.165, 1.54) is 24.3 Å². The number of imide groups is 1. The molecule has 0 saturated carbocycles. The van der Waals surface area contributed by atoms with Gasteiger partial charge in [-0.3, -0.25) is 14.4 Å². The molecule has 8 heteroatoms. The standard InChI is InChI=1S/C14H13NO6S/c16-11-7-10(22-5-4-12(17)18)13(19)15(11)9-3-1-2-8(6-9)14(20)21/h1-3,6,10H,4-5,7H2,(H,17,18)(H,20,21). The molecule has 1 unspecified atom stereocenters. The quantitative estimate of drug-likeness (QED) is 0.757. The maximum Gasteiger partial charge on any atom is 0.335 e. The average Bonchev–Trinajstić information content (AvgIpc) is 2.73. The van der Waals surface area contributed by atoms with Gasteiger partial charge in [0, 0.05) is 12.2 Å². The highest BCUT2D eigenvalue weighted by Gasteiger charge is 2.39. The molecule has 22 heavy (non-hydrogen) atoms. The van der Waals surface area contributed by atoms with Crippen molar-refractivity contribution < 1.29 is 29.4 Å². The molecule has 2 rings (SSSR count). The first-order chi connectivity index (χ1) is 10.4. The van der Waals surface area contributed by atoms with Crippen LogP contribution in [0.5, 0.6) is 0 Å². The maximum atomic E-state index is 12.3. The van der Waals surface area contributed by atoms with Gasteiger partial charge in [-0.25, -0.2) is 9.69 Å². The van der Waals surface area contributed by atoms with Crippen LogP contribution in [0.15, 0.2) is 24.3 Å². The minimum atomic E-state index is -1.15. The summed E-state index contributed by atoms with van der Waals surface area (Å²) in [7, 11) is 0. The molecule has 1 saturated heterocycles. The Labute approximate surface area is 129 Å². The Balaban J connectivity index is 2.13. The van der Waals surface area contributed by atoms with Crippen LogP contribution in [-0.4, -0.2) is 45.0 Å². The second-order valence-electron chi connectivity index (χ2n) is 4.63. The van der Waals surface area contributed by atoms with Gasteiger partial charge in [-0.2, -0.15) is 0 Å². The third-order valence-corrected chi connectivity index (χ3v) is 4.30. The van der Waals surface area contributed by atoms with E-state index in [2.05, 4.69) is 0 Å². The smallest absolute Gasteiger partial charge is 0.335 e. The summed E-state index contributed by atoms with van der Waals surface area (Å²) in [5.41, 5.74) is 0.205. The van der Waals surface area contributed by atoms with Crippen LogP contribution in [0.3, 0.4) is 0 Å². The second-order valence-corrected chi connectivity index (χ2v) is 5.94. The predicted octanol–water partition coefficient (Wildman–Crippen LogP) is 1.22. The molecule has 2 N–H and O–H groups in total. The van der Waals surface area contributed by atoms with Crippen LogP contribution in [0.4, 0.5) is 5.69 Å². The molecule has 0 spiro atoms. The summed E-state index contributed by atoms with van der Waals surface area (Å²) in [6.07, 6.45) is -0.0996. The van der Waals surface area contributed by atoms with E-state index in [4.69, 9.17) is 10.2 Å². The van der Waals surface area contributed by atoms with Crippen molar-refractivity contribution in [1.82, 2.24) is 0 Å². The van der Waals surface area contributed by atoms with Crippen molar-refractivity contribution >= 4 is 41.2 Å². The SMILES string of the molecule is O=C(O)CCSC1CC(=O)N(c2cccc(C(=O)O)c2)C1=O. The fraction of sp³-hybridized carbons (Fsp3) is 0.286. The normalized spacial score (nSPS) is 17.8. The first kappa shape index (κ1) is 16.0. The lowest BCUT2D eigenvalue weighted by atomic mass is 10.2. The van der Waals surface area contributed by atoms with Crippen LogP contribution in [0.1, 0.15) is 23.2 Å². The zero-order chi connectivity index (χ0) is 16.3. The Hall–Kier alpha value is -2.35. The summed E-state index contributed by atoms with van der Waals surface area (Å²) in [6, 6.07) is 5.59. The number of carbonyl (C=O) groups excluding carboxylic acids is 2. The van der Waals surface area contributed by atoms with Gasteiger partial charge in [0.1, 0.15) is 0 Å². The Morgan fingerprint density at radius 3 is 2.64 bits per heavy atom. The molecule has 0 radical (unpaired) electrons. The molecule has 1 atom stereocenters. The summed E-state index contributed by atoms with van der Waals surface area (Å²) in [5, 5.41) is 16.9. The number of thioether (sulfide) groups is 1. The molecule has 0 bridgehead atoms. The van der Waals surface area contributed by atoms with E-state index >= 15 is 0 Å². The first-order valence-electron chi connectivity index (χ1n) is 6.43. The largest absolute Gasteiger partial charge is 0.481 e. The Morgan fingerprint density at radius 2 is 2.00 bits per heavy atom. The third-order valence-electron chi connectivity index (χ3n) is 3.09. The number of carbonyl (C=O) groups is 4. The molecule has 0 aliphatic carbocycles. The zero-order valence-corrected chi connectivity index (χ0v) is 12.2. The number of rotatable bonds is 6. The van der Waals surface area contributed by atoms with Crippen LogP contribution in [-0.2, 0) is 14.4 Å². The lowest BCUT2D eigenvalue weighted by Gasteiger charge is -2.15. The van der Waals surface area contributed by atoms with E-state index in [9.17, 15) is 19.2 Å². The Morgan fingerprint density at radius 1 is 1.27 bits per heavy atom. The minimum Gasteiger partial charge on any atom is -0.481 e. The number of nitrogens with zero attached hydrogens (tertiary/aromatic N) is 1. The van der Waals surface area contributed by atoms with Crippen molar-refractivity contribution in [1.29, 1.82) is 0 Å². The fourth-order valence-electron chi connectivity index (χ4n) is 2.07. The van der Waals surface area contributed by atoms with E-state index in [0.717, 1.165) is 16.7 Å². The molecule has 1 aliphatic heterocycles. The van der Waals surface area contributed by atoms with Gasteiger partial charge in [0.15, 0.2) is 0 Å². The monoisotopic (exact) mass is 323 g/mol. The fourth-order valence-corrected chi connectivity index (χ4v) is 3.16. The highest BCUT2D eigenvalue weighted by atomic mass is 32.2. The highest BCUT2D eigenvalue weighted by Crippen LogP contribution is 2.30. The number of carboxylic acids is 2. The zero-order valence-electron chi connectivity index (χ0n) is 11.4. The number of hydrogen-bond donors (Lipinski definition) is 2. The molecular formula is C14H13NO6S. The molecule has 1 heterocycles. The number of aromatic carboxylic acids is 1. The highest BCUT2D eigenvalue weighted by molar-refractivity contribution is 8.00. The topological polar surface area (TPSA) is 112 Å². The van der Waals surface area contributed by atoms with E-state index in [1.54, 1.807) is 0 Å². The van der Waals surface area contributed by atoms with Crippen LogP contribution in [0.25, 0.3) is 0 Å². The van der Waals surface area contributed by atoms with Crippen molar-refractivity contribution in [2.24, 2.45) is 0 Å². The summed E-state index contributed by atoms with van der Waals surface area (Å²) in [5.74, 6) is -2.73. The van der Waals surface area contributed by atoms with Gasteiger partial charge < -0.3 is 10.2 Å². The molecule has 7 nitrogen and oxygen atoms in total. The molecule has 1 aromatic carbocycles. The summed E-state index contributed by atoms with van der Waals surface area (Å²) >= 11 is 1.12. The molecule has 1 aromatic rings. The van der Waals surface area contributed by atoms with E-state index in [1.807, 2.05) is 0 Å². The number of amides is 2. The molecule has 1 aliphatic rings. The van der Waals surface area contributed by atoms with Gasteiger partial charge in [0.2, 0.25) is 11.8 Å². The van der Waals surface area contributed by atoms with Gasteiger partial charge in [-0.05, 0) is 18.2 Å². The average molecular weight is 323 g/mol. The van der Waals surface area contributed by atoms with Crippen LogP contribution in [0, 0.1) is 0 Å². The minimum absolute atomic E-state index is 0.0135. The van der Waals surface area contributed by atoms with Gasteiger partial charge in [0.25, 0.3) is 0 Å². The van der Waals surface area contributed by atoms with Gasteiger partial charge in [-0.1, -0.05) is 6.07 Å². The molecule has 1 fully saturated rings. The number of anilines is 1. The molecular weight excluding hydrogens is 310 g/mol. The number of carboxylic acid groups (broad SMARTS) is 2. The number of benzene rings is 1. The van der Waals surface area contributed by atoms with Crippen molar-refractivity contribution in [3.63, 3.8) is 0 Å². The van der Waals surface area contributed by atoms with Crippen molar-refractivity contribution in [2.45, 2.75) is 18.1 Å². The van der Waals surface area contributed by atoms with Crippen molar-refractivity contribution in [3.05, 3.63) is 29.8 Å². The molecule has 2 amide bonds. The lowest BCUT2D eigenvalue weighted by molar-refractivity contribution is -0.136. The van der Waals surface area contributed by atoms with Gasteiger partial charge >= 0.3 is 11.9 Å². The predicted molar refractivity (Wildman–Crippen MR) is 79.0 cm³/mol. The summed E-state index contributed by atoms with van der Waals surface area (Å²) in [4.78, 5) is 46.7.